The summed E-state index contributed by atoms with van der Waals surface area (Å²) in [6, 6.07) is 4.11. The van der Waals surface area contributed by atoms with Crippen molar-refractivity contribution in [2.75, 3.05) is 13.2 Å². The molecular formula is C29H44N3O11P. The summed E-state index contributed by atoms with van der Waals surface area (Å²) >= 11 is 0. The second-order valence-electron chi connectivity index (χ2n) is 11.0. The number of aromatic nitrogens is 2. The average Bonchev–Trinajstić information content (AvgIpc) is 3.38. The van der Waals surface area contributed by atoms with Gasteiger partial charge in [-0.3, -0.25) is 24.5 Å². The summed E-state index contributed by atoms with van der Waals surface area (Å²) in [6.45, 7) is 2.91. The van der Waals surface area contributed by atoms with E-state index in [-0.39, 0.29) is 23.2 Å². The molecule has 44 heavy (non-hydrogen) atoms. The number of aryl methyl sites for hydroxylation is 1. The molecule has 0 bridgehead atoms. The van der Waals surface area contributed by atoms with Gasteiger partial charge in [0.2, 0.25) is 0 Å². The monoisotopic (exact) mass is 641 g/mol. The van der Waals surface area contributed by atoms with Gasteiger partial charge < -0.3 is 19.5 Å². The number of aromatic amines is 1. The summed E-state index contributed by atoms with van der Waals surface area (Å²) in [5.41, 5.74) is -1.38. The van der Waals surface area contributed by atoms with Gasteiger partial charge >= 0.3 is 13.9 Å². The standard InChI is InChI=1S/C29H44N3O11P/c1-3-4-5-6-7-8-9-10-11-12-15-40-23-13-14-24(32(36)37)22(16-23)20-41-44(38,39)43-25-17-27(42-26(25)19-33)31-18-21(2)28(34)30-29(31)35/h13-14,16,18,25-27,33H,3-12,15,17,19-20H2,1-2H3,(H,38,39)(H,30,34,35)/t25-,26+,27+/m0/s1. The molecule has 4 atom stereocenters. The molecule has 1 unspecified atom stereocenters. The number of phosphoric acid groups is 1. The number of aliphatic hydroxyl groups is 1. The van der Waals surface area contributed by atoms with E-state index in [0.29, 0.717) is 12.4 Å². The molecule has 14 nitrogen and oxygen atoms in total. The minimum atomic E-state index is -4.82. The van der Waals surface area contributed by atoms with Gasteiger partial charge in [0.05, 0.1) is 23.7 Å². The van der Waals surface area contributed by atoms with Gasteiger partial charge in [0.25, 0.3) is 11.2 Å². The van der Waals surface area contributed by atoms with Crippen molar-refractivity contribution in [3.63, 3.8) is 0 Å². The zero-order chi connectivity index (χ0) is 32.1. The summed E-state index contributed by atoms with van der Waals surface area (Å²) in [5, 5.41) is 21.3. The molecule has 3 N–H and O–H groups in total. The zero-order valence-corrected chi connectivity index (χ0v) is 26.2. The molecule has 1 aliphatic heterocycles. The van der Waals surface area contributed by atoms with Crippen LogP contribution in [0.5, 0.6) is 5.75 Å². The van der Waals surface area contributed by atoms with Crippen LogP contribution in [-0.2, 0) is 20.4 Å². The normalized spacial score (nSPS) is 19.6. The third-order valence-electron chi connectivity index (χ3n) is 7.48. The Morgan fingerprint density at radius 2 is 1.77 bits per heavy atom. The molecule has 0 radical (unpaired) electrons. The first-order chi connectivity index (χ1) is 21.0. The van der Waals surface area contributed by atoms with Crippen LogP contribution in [0.15, 0.2) is 34.0 Å². The Hall–Kier alpha value is -2.71. The molecule has 0 saturated carbocycles. The fourth-order valence-corrected chi connectivity index (χ4v) is 5.95. The van der Waals surface area contributed by atoms with E-state index in [1.807, 2.05) is 0 Å². The first-order valence-electron chi connectivity index (χ1n) is 15.2. The molecule has 0 amide bonds. The molecule has 1 fully saturated rings. The molecule has 3 rings (SSSR count). The molecule has 1 aromatic carbocycles. The summed E-state index contributed by atoms with van der Waals surface area (Å²) in [6.07, 6.45) is 9.72. The van der Waals surface area contributed by atoms with Crippen LogP contribution < -0.4 is 20.9 Å². The third-order valence-corrected chi connectivity index (χ3v) is 8.48. The van der Waals surface area contributed by atoms with Crippen LogP contribution in [0.25, 0.3) is 0 Å². The van der Waals surface area contributed by atoms with Gasteiger partial charge in [0.15, 0.2) is 0 Å². The SMILES string of the molecule is CCCCCCCCCCCCOc1ccc([N+](=O)[O-])c(CO[P+]([O-])(O)O[C@H]2C[C@H](n3cc(C)c(=O)[nH]c3=O)O[C@@H]2CO)c1. The van der Waals surface area contributed by atoms with Gasteiger partial charge in [-0.25, -0.2) is 4.79 Å². The lowest BCUT2D eigenvalue weighted by Gasteiger charge is -2.24. The number of phosphoric ester groups is 1. The topological polar surface area (TPSA) is 198 Å². The second kappa shape index (κ2) is 17.7. The molecule has 246 valence electrons. The number of H-pyrrole nitrogens is 1. The van der Waals surface area contributed by atoms with E-state index in [1.54, 1.807) is 0 Å². The van der Waals surface area contributed by atoms with Crippen LogP contribution in [0.4, 0.5) is 5.69 Å². The average molecular weight is 642 g/mol. The Labute approximate surface area is 256 Å². The minimum Gasteiger partial charge on any atom is -0.606 e. The van der Waals surface area contributed by atoms with E-state index >= 15 is 0 Å². The van der Waals surface area contributed by atoms with Crippen molar-refractivity contribution in [3.05, 3.63) is 66.5 Å². The summed E-state index contributed by atoms with van der Waals surface area (Å²) in [5.74, 6) is 0.368. The third kappa shape index (κ3) is 11.0. The van der Waals surface area contributed by atoms with Gasteiger partial charge in [0, 0.05) is 24.2 Å². The lowest BCUT2D eigenvalue weighted by atomic mass is 10.1. The van der Waals surface area contributed by atoms with Crippen molar-refractivity contribution in [3.8, 4) is 5.75 Å². The number of benzene rings is 1. The predicted octanol–water partition coefficient (Wildman–Crippen LogP) is 3.96. The number of nitro benzene ring substituents is 1. The maximum atomic E-state index is 12.8. The number of nitrogens with one attached hydrogen (secondary N) is 1. The Kier molecular flexibility index (Phi) is 14.4. The fraction of sp³-hybridized carbons (Fsp3) is 0.655. The molecule has 0 spiro atoms. The number of hydrogen-bond acceptors (Lipinski definition) is 11. The summed E-state index contributed by atoms with van der Waals surface area (Å²) in [4.78, 5) is 60.3. The van der Waals surface area contributed by atoms with E-state index in [1.165, 1.54) is 76.3 Å². The zero-order valence-electron chi connectivity index (χ0n) is 25.4. The lowest BCUT2D eigenvalue weighted by molar-refractivity contribution is -0.385. The lowest BCUT2D eigenvalue weighted by Crippen LogP contribution is -2.33. The van der Waals surface area contributed by atoms with E-state index < -0.39 is 56.0 Å². The largest absolute Gasteiger partial charge is 0.606 e. The molecule has 1 aromatic heterocycles. The Balaban J connectivity index is 1.51. The Morgan fingerprint density at radius 1 is 1.11 bits per heavy atom. The molecule has 1 saturated heterocycles. The summed E-state index contributed by atoms with van der Waals surface area (Å²) in [7, 11) is -4.82. The van der Waals surface area contributed by atoms with Crippen molar-refractivity contribution in [1.82, 2.24) is 9.55 Å². The number of rotatable bonds is 20. The van der Waals surface area contributed by atoms with Gasteiger partial charge in [-0.2, -0.15) is 13.9 Å². The second-order valence-corrected chi connectivity index (χ2v) is 12.4. The molecular weight excluding hydrogens is 597 g/mol. The van der Waals surface area contributed by atoms with Gasteiger partial charge in [-0.05, 0) is 25.5 Å². The van der Waals surface area contributed by atoms with Gasteiger partial charge in [0.1, 0.15) is 30.8 Å². The van der Waals surface area contributed by atoms with Crippen molar-refractivity contribution in [2.45, 2.75) is 110 Å². The maximum absolute atomic E-state index is 12.8. The van der Waals surface area contributed by atoms with Gasteiger partial charge in [-0.15, -0.1) is 0 Å². The van der Waals surface area contributed by atoms with Crippen LogP contribution in [0, 0.1) is 17.0 Å². The van der Waals surface area contributed by atoms with E-state index in [0.717, 1.165) is 23.8 Å². The molecule has 15 heteroatoms. The van der Waals surface area contributed by atoms with Crippen molar-refractivity contribution < 1.29 is 38.3 Å². The van der Waals surface area contributed by atoms with Crippen LogP contribution in [0.3, 0.4) is 0 Å². The number of ether oxygens (including phenoxy) is 2. The first-order valence-corrected chi connectivity index (χ1v) is 16.7. The highest BCUT2D eigenvalue weighted by molar-refractivity contribution is 7.52. The van der Waals surface area contributed by atoms with Crippen molar-refractivity contribution in [1.29, 1.82) is 0 Å². The highest BCUT2D eigenvalue weighted by Gasteiger charge is 2.44. The van der Waals surface area contributed by atoms with Crippen LogP contribution >= 0.6 is 8.17 Å². The minimum absolute atomic E-state index is 0.0166. The highest BCUT2D eigenvalue weighted by Crippen LogP contribution is 2.52. The molecule has 0 aliphatic carbocycles. The maximum Gasteiger partial charge on any atom is 0.377 e. The van der Waals surface area contributed by atoms with Crippen LogP contribution in [-0.4, -0.2) is 49.9 Å². The van der Waals surface area contributed by atoms with E-state index in [9.17, 15) is 34.6 Å². The Bertz CT molecular complexity index is 1320. The fourth-order valence-electron chi connectivity index (χ4n) is 5.02. The number of nitrogens with zero attached hydrogens (tertiary/aromatic N) is 2. The number of hydrogen-bond donors (Lipinski definition) is 3. The first kappa shape index (κ1) is 35.8. The number of unbranched alkanes of at least 4 members (excludes halogenated alkanes) is 9. The van der Waals surface area contributed by atoms with Crippen LogP contribution in [0.2, 0.25) is 0 Å². The smallest absolute Gasteiger partial charge is 0.377 e. The molecule has 1 aliphatic rings. The predicted molar refractivity (Wildman–Crippen MR) is 161 cm³/mol. The van der Waals surface area contributed by atoms with Crippen molar-refractivity contribution in [2.24, 2.45) is 0 Å². The summed E-state index contributed by atoms with van der Waals surface area (Å²) < 4.78 is 22.8. The number of nitro groups is 1. The van der Waals surface area contributed by atoms with Crippen molar-refractivity contribution >= 4 is 13.9 Å². The van der Waals surface area contributed by atoms with E-state index in [4.69, 9.17) is 18.5 Å². The van der Waals surface area contributed by atoms with E-state index in [2.05, 4.69) is 11.9 Å². The molecule has 2 aromatic rings. The highest BCUT2D eigenvalue weighted by atomic mass is 31.2. The van der Waals surface area contributed by atoms with Crippen LogP contribution in [0.1, 0.15) is 94.9 Å². The van der Waals surface area contributed by atoms with Gasteiger partial charge in [-0.1, -0.05) is 64.7 Å². The number of aliphatic hydroxyl groups excluding tert-OH is 1. The molecule has 2 heterocycles. The Morgan fingerprint density at radius 3 is 2.41 bits per heavy atom. The quantitative estimate of drug-likeness (QED) is 0.0818.